The summed E-state index contributed by atoms with van der Waals surface area (Å²) in [5.74, 6) is 0. The summed E-state index contributed by atoms with van der Waals surface area (Å²) in [6.45, 7) is 10.5. The molecule has 0 aliphatic heterocycles. The molecule has 1 N–H and O–H groups in total. The number of thiazole rings is 1. The van der Waals surface area contributed by atoms with Crippen molar-refractivity contribution in [1.82, 2.24) is 10.3 Å². The summed E-state index contributed by atoms with van der Waals surface area (Å²) >= 11 is 1.67. The molecule has 1 aromatic heterocycles. The van der Waals surface area contributed by atoms with E-state index in [-0.39, 0.29) is 11.8 Å². The first kappa shape index (κ1) is 15.6. The van der Waals surface area contributed by atoms with Gasteiger partial charge in [-0.2, -0.15) is 0 Å². The Hall–Kier alpha value is -0.490. The highest BCUT2D eigenvalue weighted by molar-refractivity contribution is 7.09. The van der Waals surface area contributed by atoms with Crippen molar-refractivity contribution in [3.8, 4) is 0 Å². The van der Waals surface area contributed by atoms with Crippen molar-refractivity contribution in [3.05, 3.63) is 16.6 Å². The third-order valence-electron chi connectivity index (χ3n) is 2.62. The molecule has 1 heterocycles. The molecule has 0 spiro atoms. The lowest BCUT2D eigenvalue weighted by atomic mass is 10.1. The highest BCUT2D eigenvalue weighted by atomic mass is 32.1. The van der Waals surface area contributed by atoms with Gasteiger partial charge in [-0.25, -0.2) is 4.98 Å². The number of hydrogen-bond acceptors (Lipinski definition) is 5. The van der Waals surface area contributed by atoms with Crippen LogP contribution < -0.4 is 5.32 Å². The Morgan fingerprint density at radius 2 is 2.00 bits per heavy atom. The van der Waals surface area contributed by atoms with E-state index in [0.29, 0.717) is 13.2 Å². The number of nitrogens with zero attached hydrogens (tertiary/aromatic N) is 1. The van der Waals surface area contributed by atoms with Crippen LogP contribution in [0.5, 0.6) is 0 Å². The highest BCUT2D eigenvalue weighted by Gasteiger charge is 2.22. The maximum Gasteiger partial charge on any atom is 0.158 e. The first-order valence-electron chi connectivity index (χ1n) is 6.48. The number of aromatic nitrogens is 1. The standard InChI is InChI=1S/C13H24N2O2S/c1-5-16-11(17-6-2)7-8-15-13(3,4)12-14-9-10-18-12/h9-11,15H,5-8H2,1-4H3. The lowest BCUT2D eigenvalue weighted by molar-refractivity contribution is -0.139. The normalized spacial score (nSPS) is 12.3. The fourth-order valence-electron chi connectivity index (χ4n) is 1.70. The average Bonchev–Trinajstić information content (AvgIpc) is 2.83. The van der Waals surface area contributed by atoms with Crippen molar-refractivity contribution in [1.29, 1.82) is 0 Å². The topological polar surface area (TPSA) is 43.4 Å². The molecule has 0 radical (unpaired) electrons. The summed E-state index contributed by atoms with van der Waals surface area (Å²) in [5, 5.41) is 6.60. The Bertz CT molecular complexity index is 309. The van der Waals surface area contributed by atoms with Crippen LogP contribution in [0.1, 0.15) is 39.1 Å². The summed E-state index contributed by atoms with van der Waals surface area (Å²) < 4.78 is 11.0. The predicted molar refractivity (Wildman–Crippen MR) is 74.8 cm³/mol. The van der Waals surface area contributed by atoms with Gasteiger partial charge in [0, 0.05) is 37.8 Å². The zero-order valence-electron chi connectivity index (χ0n) is 11.7. The van der Waals surface area contributed by atoms with Gasteiger partial charge in [0.1, 0.15) is 5.01 Å². The smallest absolute Gasteiger partial charge is 0.158 e. The molecule has 1 rings (SSSR count). The van der Waals surface area contributed by atoms with E-state index in [0.717, 1.165) is 18.0 Å². The van der Waals surface area contributed by atoms with Gasteiger partial charge < -0.3 is 14.8 Å². The van der Waals surface area contributed by atoms with Crippen LogP contribution in [0.25, 0.3) is 0 Å². The molecular formula is C13H24N2O2S. The van der Waals surface area contributed by atoms with Crippen molar-refractivity contribution in [2.45, 2.75) is 45.9 Å². The van der Waals surface area contributed by atoms with Crippen LogP contribution in [-0.2, 0) is 15.0 Å². The molecule has 0 saturated heterocycles. The number of ether oxygens (including phenoxy) is 2. The van der Waals surface area contributed by atoms with Gasteiger partial charge in [0.05, 0.1) is 5.54 Å². The molecule has 0 unspecified atom stereocenters. The fraction of sp³-hybridized carbons (Fsp3) is 0.769. The van der Waals surface area contributed by atoms with E-state index in [1.165, 1.54) is 0 Å². The van der Waals surface area contributed by atoms with Gasteiger partial charge in [0.2, 0.25) is 0 Å². The number of nitrogens with one attached hydrogen (secondary N) is 1. The van der Waals surface area contributed by atoms with Crippen molar-refractivity contribution >= 4 is 11.3 Å². The van der Waals surface area contributed by atoms with E-state index < -0.39 is 0 Å². The summed E-state index contributed by atoms with van der Waals surface area (Å²) in [4.78, 5) is 4.35. The monoisotopic (exact) mass is 272 g/mol. The van der Waals surface area contributed by atoms with Crippen LogP contribution in [0.4, 0.5) is 0 Å². The minimum atomic E-state index is -0.111. The van der Waals surface area contributed by atoms with Crippen LogP contribution in [0, 0.1) is 0 Å². The maximum absolute atomic E-state index is 5.51. The van der Waals surface area contributed by atoms with Crippen LogP contribution in [0.15, 0.2) is 11.6 Å². The first-order valence-corrected chi connectivity index (χ1v) is 7.36. The van der Waals surface area contributed by atoms with E-state index in [1.54, 1.807) is 11.3 Å². The molecule has 4 nitrogen and oxygen atoms in total. The number of hydrogen-bond donors (Lipinski definition) is 1. The second-order valence-corrected chi connectivity index (χ2v) is 5.41. The van der Waals surface area contributed by atoms with Crippen molar-refractivity contribution in [3.63, 3.8) is 0 Å². The lowest BCUT2D eigenvalue weighted by Gasteiger charge is -2.25. The molecule has 18 heavy (non-hydrogen) atoms. The highest BCUT2D eigenvalue weighted by Crippen LogP contribution is 2.21. The zero-order chi connectivity index (χ0) is 13.4. The van der Waals surface area contributed by atoms with Crippen LogP contribution in [0.2, 0.25) is 0 Å². The van der Waals surface area contributed by atoms with Crippen LogP contribution in [-0.4, -0.2) is 31.0 Å². The van der Waals surface area contributed by atoms with E-state index in [1.807, 2.05) is 25.4 Å². The van der Waals surface area contributed by atoms with Gasteiger partial charge in [0.25, 0.3) is 0 Å². The minimum absolute atomic E-state index is 0.100. The van der Waals surface area contributed by atoms with Gasteiger partial charge in [-0.05, 0) is 27.7 Å². The summed E-state index contributed by atoms with van der Waals surface area (Å²) in [7, 11) is 0. The van der Waals surface area contributed by atoms with Crippen molar-refractivity contribution in [2.24, 2.45) is 0 Å². The molecule has 0 fully saturated rings. The van der Waals surface area contributed by atoms with Gasteiger partial charge in [-0.3, -0.25) is 0 Å². The quantitative estimate of drug-likeness (QED) is 0.702. The fourth-order valence-corrected chi connectivity index (χ4v) is 2.44. The summed E-state index contributed by atoms with van der Waals surface area (Å²) in [6.07, 6.45) is 2.57. The Balaban J connectivity index is 2.35. The van der Waals surface area contributed by atoms with Gasteiger partial charge in [-0.15, -0.1) is 11.3 Å². The lowest BCUT2D eigenvalue weighted by Crippen LogP contribution is -2.38. The van der Waals surface area contributed by atoms with Crippen molar-refractivity contribution in [2.75, 3.05) is 19.8 Å². The SMILES string of the molecule is CCOC(CCNC(C)(C)c1nccs1)OCC. The molecule has 104 valence electrons. The van der Waals surface area contributed by atoms with Crippen LogP contribution in [0.3, 0.4) is 0 Å². The Labute approximate surface area is 114 Å². The van der Waals surface area contributed by atoms with E-state index in [9.17, 15) is 0 Å². The van der Waals surface area contributed by atoms with E-state index in [4.69, 9.17) is 9.47 Å². The minimum Gasteiger partial charge on any atom is -0.353 e. The first-order chi connectivity index (χ1) is 8.60. The molecule has 0 amide bonds. The largest absolute Gasteiger partial charge is 0.353 e. The third kappa shape index (κ3) is 5.02. The van der Waals surface area contributed by atoms with E-state index >= 15 is 0 Å². The molecule has 0 saturated carbocycles. The second kappa shape index (κ2) is 7.84. The molecular weight excluding hydrogens is 248 g/mol. The average molecular weight is 272 g/mol. The Morgan fingerprint density at radius 3 is 2.50 bits per heavy atom. The van der Waals surface area contributed by atoms with Gasteiger partial charge in [0.15, 0.2) is 6.29 Å². The van der Waals surface area contributed by atoms with Crippen molar-refractivity contribution < 1.29 is 9.47 Å². The third-order valence-corrected chi connectivity index (χ3v) is 3.72. The molecule has 0 bridgehead atoms. The second-order valence-electron chi connectivity index (χ2n) is 4.52. The summed E-state index contributed by atoms with van der Waals surface area (Å²) in [6, 6.07) is 0. The van der Waals surface area contributed by atoms with E-state index in [2.05, 4.69) is 24.1 Å². The zero-order valence-corrected chi connectivity index (χ0v) is 12.5. The maximum atomic E-state index is 5.51. The molecule has 0 aromatic carbocycles. The molecule has 1 aromatic rings. The van der Waals surface area contributed by atoms with Gasteiger partial charge >= 0.3 is 0 Å². The number of rotatable bonds is 9. The predicted octanol–water partition coefficient (Wildman–Crippen LogP) is 2.76. The molecule has 5 heteroatoms. The molecule has 0 aliphatic carbocycles. The van der Waals surface area contributed by atoms with Crippen LogP contribution >= 0.6 is 11.3 Å². The Morgan fingerprint density at radius 1 is 1.33 bits per heavy atom. The van der Waals surface area contributed by atoms with Gasteiger partial charge in [-0.1, -0.05) is 0 Å². The molecule has 0 aliphatic rings. The molecule has 0 atom stereocenters. The summed E-state index contributed by atoms with van der Waals surface area (Å²) in [5.41, 5.74) is -0.100. The Kier molecular flexibility index (Phi) is 6.78.